The zero-order valence-electron chi connectivity index (χ0n) is 22.4. The monoisotopic (exact) mass is 581 g/mol. The van der Waals surface area contributed by atoms with Crippen molar-refractivity contribution in [2.75, 3.05) is 45.1 Å². The number of nitrogens with zero attached hydrogens (tertiary/aromatic N) is 1. The largest absolute Gasteiger partial charge is 0.474 e. The van der Waals surface area contributed by atoms with E-state index in [2.05, 4.69) is 25.6 Å². The Morgan fingerprint density at radius 3 is 2.72 bits per heavy atom. The summed E-state index contributed by atoms with van der Waals surface area (Å²) >= 11 is 3.44. The highest BCUT2D eigenvalue weighted by Gasteiger charge is 2.52. The fourth-order valence-electron chi connectivity index (χ4n) is 7.07. The molecule has 4 saturated heterocycles. The molecule has 0 radical (unpaired) electrons. The molecule has 10 atom stereocenters. The smallest absolute Gasteiger partial charge is 0.236 e. The van der Waals surface area contributed by atoms with Crippen molar-refractivity contribution in [2.45, 2.75) is 85.0 Å². The van der Waals surface area contributed by atoms with Gasteiger partial charge in [0, 0.05) is 79.4 Å². The Kier molecular flexibility index (Phi) is 8.95. The second-order valence-corrected chi connectivity index (χ2v) is 14.0. The van der Waals surface area contributed by atoms with E-state index in [4.69, 9.17) is 20.9 Å². The van der Waals surface area contributed by atoms with Gasteiger partial charge in [-0.2, -0.15) is 0 Å². The normalized spacial score (nSPS) is 43.1. The number of nitrogens with one attached hydrogen (secondary N) is 4. The van der Waals surface area contributed by atoms with Gasteiger partial charge in [0.15, 0.2) is 11.7 Å². The molecule has 5 heterocycles. The van der Waals surface area contributed by atoms with Gasteiger partial charge in [-0.25, -0.2) is 0 Å². The standard InChI is InChI=1S/C26H43N7O4S2/c27-16-3-1-2-4-17(16)31-14-9-18(22(26(28)35)29-11-14)32-19-12-30-39-24(19)15-13-38-25-20(34)10-21(37-23(15)25)33-5-7-36-8-6-33/h10,14-19,22-25,29-32H,1-9,11-13,27H2,(H2,28,35)/t14?,15?,16-,17+,18?,19?,22?,23?,24?,25?/m1/s1. The van der Waals surface area contributed by atoms with Crippen molar-refractivity contribution in [3.63, 3.8) is 0 Å². The molecular formula is C26H43N7O4S2. The van der Waals surface area contributed by atoms with E-state index in [1.54, 1.807) is 29.8 Å². The Morgan fingerprint density at radius 1 is 1.10 bits per heavy atom. The van der Waals surface area contributed by atoms with E-state index in [-0.39, 0.29) is 58.4 Å². The predicted molar refractivity (Wildman–Crippen MR) is 153 cm³/mol. The number of ether oxygens (including phenoxy) is 2. The number of ketones is 1. The molecule has 0 aromatic heterocycles. The first-order chi connectivity index (χ1) is 19.0. The first-order valence-electron chi connectivity index (χ1n) is 14.5. The molecule has 0 spiro atoms. The SMILES string of the molecule is NC(=O)C1NCC(N[C@H]2CCCC[C@H]2N)CC1NC1CNSC1C1CSC2C(=O)C=C(N3CCOCC3)OC21. The van der Waals surface area contributed by atoms with Gasteiger partial charge in [-0.1, -0.05) is 24.8 Å². The van der Waals surface area contributed by atoms with Crippen molar-refractivity contribution >= 4 is 35.4 Å². The van der Waals surface area contributed by atoms with E-state index in [1.807, 2.05) is 0 Å². The van der Waals surface area contributed by atoms with Crippen molar-refractivity contribution in [1.82, 2.24) is 25.6 Å². The second-order valence-electron chi connectivity index (χ2n) is 11.7. The van der Waals surface area contributed by atoms with Crippen LogP contribution in [-0.4, -0.2) is 115 Å². The van der Waals surface area contributed by atoms with E-state index >= 15 is 0 Å². The van der Waals surface area contributed by atoms with Crippen LogP contribution in [0.1, 0.15) is 32.1 Å². The molecule has 8 unspecified atom stereocenters. The van der Waals surface area contributed by atoms with Gasteiger partial charge in [-0.15, -0.1) is 11.8 Å². The molecule has 1 aliphatic carbocycles. The summed E-state index contributed by atoms with van der Waals surface area (Å²) < 4.78 is 15.5. The number of thioether (sulfide) groups is 1. The molecule has 0 aromatic carbocycles. The number of carbonyl (C=O) groups excluding carboxylic acids is 2. The maximum atomic E-state index is 13.1. The molecule has 0 aromatic rings. The summed E-state index contributed by atoms with van der Waals surface area (Å²) in [7, 11) is 0. The van der Waals surface area contributed by atoms with E-state index < -0.39 is 6.04 Å². The summed E-state index contributed by atoms with van der Waals surface area (Å²) in [6.45, 7) is 4.25. The van der Waals surface area contributed by atoms with Crippen LogP contribution in [0.25, 0.3) is 0 Å². The number of allylic oxidation sites excluding steroid dienone is 1. The number of morpholine rings is 1. The minimum Gasteiger partial charge on any atom is -0.474 e. The lowest BCUT2D eigenvalue weighted by molar-refractivity contribution is -0.122. The molecule has 218 valence electrons. The van der Waals surface area contributed by atoms with Crippen molar-refractivity contribution in [3.8, 4) is 0 Å². The van der Waals surface area contributed by atoms with Crippen LogP contribution in [0.2, 0.25) is 0 Å². The number of rotatable bonds is 7. The lowest BCUT2D eigenvalue weighted by Crippen LogP contribution is -2.67. The van der Waals surface area contributed by atoms with Gasteiger partial charge in [0.05, 0.1) is 13.2 Å². The van der Waals surface area contributed by atoms with Crippen LogP contribution in [-0.2, 0) is 19.1 Å². The zero-order valence-corrected chi connectivity index (χ0v) is 24.0. The second kappa shape index (κ2) is 12.4. The lowest BCUT2D eigenvalue weighted by Gasteiger charge is -2.42. The van der Waals surface area contributed by atoms with Crippen molar-refractivity contribution in [3.05, 3.63) is 12.0 Å². The van der Waals surface area contributed by atoms with Gasteiger partial charge in [0.25, 0.3) is 0 Å². The van der Waals surface area contributed by atoms with Crippen LogP contribution >= 0.6 is 23.7 Å². The fraction of sp³-hybridized carbons (Fsp3) is 0.846. The molecule has 13 heteroatoms. The van der Waals surface area contributed by atoms with Gasteiger partial charge < -0.3 is 41.8 Å². The van der Waals surface area contributed by atoms with E-state index in [1.165, 1.54) is 12.8 Å². The highest BCUT2D eigenvalue weighted by Crippen LogP contribution is 2.45. The number of amides is 1. The van der Waals surface area contributed by atoms with Crippen molar-refractivity contribution < 1.29 is 19.1 Å². The summed E-state index contributed by atoms with van der Waals surface area (Å²) in [5.74, 6) is 1.59. The minimum absolute atomic E-state index is 0.0934. The first-order valence-corrected chi connectivity index (χ1v) is 16.5. The number of nitrogens with two attached hydrogens (primary N) is 2. The van der Waals surface area contributed by atoms with Gasteiger partial charge >= 0.3 is 0 Å². The topological polar surface area (TPSA) is 156 Å². The number of carbonyl (C=O) groups is 2. The maximum Gasteiger partial charge on any atom is 0.236 e. The number of hydrogen-bond donors (Lipinski definition) is 6. The van der Waals surface area contributed by atoms with Crippen LogP contribution < -0.4 is 32.1 Å². The summed E-state index contributed by atoms with van der Waals surface area (Å²) in [4.78, 5) is 27.6. The third kappa shape index (κ3) is 6.11. The van der Waals surface area contributed by atoms with Gasteiger partial charge in [-0.05, 0) is 19.3 Å². The number of primary amides is 1. The number of hydrogen-bond acceptors (Lipinski definition) is 12. The van der Waals surface area contributed by atoms with Gasteiger partial charge in [-0.3, -0.25) is 14.3 Å². The fourth-order valence-corrected chi connectivity index (χ4v) is 9.94. The molecule has 6 aliphatic rings. The quantitative estimate of drug-likeness (QED) is 0.202. The Balaban J connectivity index is 1.12. The molecule has 39 heavy (non-hydrogen) atoms. The Hall–Kier alpha value is -1.06. The third-order valence-electron chi connectivity index (χ3n) is 9.18. The molecule has 1 saturated carbocycles. The van der Waals surface area contributed by atoms with E-state index in [0.717, 1.165) is 44.6 Å². The van der Waals surface area contributed by atoms with Crippen LogP contribution in [0.4, 0.5) is 0 Å². The van der Waals surface area contributed by atoms with Crippen LogP contribution in [0.3, 0.4) is 0 Å². The zero-order chi connectivity index (χ0) is 26.9. The molecule has 11 nitrogen and oxygen atoms in total. The van der Waals surface area contributed by atoms with Crippen molar-refractivity contribution in [2.24, 2.45) is 17.4 Å². The molecular weight excluding hydrogens is 538 g/mol. The molecule has 1 amide bonds. The molecule has 5 aliphatic heterocycles. The summed E-state index contributed by atoms with van der Waals surface area (Å²) in [5, 5.41) is 11.1. The van der Waals surface area contributed by atoms with Crippen LogP contribution in [0.15, 0.2) is 12.0 Å². The minimum atomic E-state index is -0.427. The Bertz CT molecular complexity index is 938. The summed E-state index contributed by atoms with van der Waals surface area (Å²) in [6.07, 6.45) is 6.90. The maximum absolute atomic E-state index is 13.1. The average molecular weight is 582 g/mol. The molecule has 6 rings (SSSR count). The molecule has 0 bridgehead atoms. The highest BCUT2D eigenvalue weighted by molar-refractivity contribution is 8.01. The number of piperidine rings is 1. The third-order valence-corrected chi connectivity index (χ3v) is 11.9. The lowest BCUT2D eigenvalue weighted by atomic mass is 9.87. The molecule has 5 fully saturated rings. The first kappa shape index (κ1) is 28.1. The van der Waals surface area contributed by atoms with Gasteiger partial charge in [0.2, 0.25) is 5.91 Å². The highest BCUT2D eigenvalue weighted by atomic mass is 32.2. The Morgan fingerprint density at radius 2 is 1.92 bits per heavy atom. The Labute approximate surface area is 239 Å². The van der Waals surface area contributed by atoms with E-state index in [9.17, 15) is 9.59 Å². The van der Waals surface area contributed by atoms with Gasteiger partial charge in [0.1, 0.15) is 17.4 Å². The van der Waals surface area contributed by atoms with Crippen molar-refractivity contribution in [1.29, 1.82) is 0 Å². The predicted octanol–water partition coefficient (Wildman–Crippen LogP) is -1.12. The van der Waals surface area contributed by atoms with Crippen LogP contribution in [0, 0.1) is 5.92 Å². The van der Waals surface area contributed by atoms with E-state index in [0.29, 0.717) is 31.7 Å². The summed E-state index contributed by atoms with van der Waals surface area (Å²) in [5.41, 5.74) is 12.3. The molecule has 8 N–H and O–H groups in total. The average Bonchev–Trinajstić information content (AvgIpc) is 3.57. The van der Waals surface area contributed by atoms with Crippen LogP contribution in [0.5, 0.6) is 0 Å². The summed E-state index contributed by atoms with van der Waals surface area (Å²) in [6, 6.07) is 0.323. The number of fused-ring (bicyclic) bond motifs is 1.